The third kappa shape index (κ3) is 4.43. The highest BCUT2D eigenvalue weighted by molar-refractivity contribution is 6.30. The van der Waals surface area contributed by atoms with E-state index >= 15 is 0 Å². The van der Waals surface area contributed by atoms with E-state index in [0.717, 1.165) is 16.6 Å². The zero-order chi connectivity index (χ0) is 23.5. The molecular formula is C26H22ClN5O2. The maximum absolute atomic E-state index is 13.3. The summed E-state index contributed by atoms with van der Waals surface area (Å²) in [6.45, 7) is 0.809. The van der Waals surface area contributed by atoms with E-state index in [2.05, 4.69) is 15.5 Å². The number of aryl methyl sites for hydroxylation is 1. The Morgan fingerprint density at radius 1 is 0.882 bits per heavy atom. The van der Waals surface area contributed by atoms with E-state index in [9.17, 15) is 9.59 Å². The maximum atomic E-state index is 13.3. The number of amides is 1. The van der Waals surface area contributed by atoms with Crippen molar-refractivity contribution >= 4 is 34.2 Å². The molecule has 2 heterocycles. The number of hydrogen-bond donors (Lipinski definition) is 1. The molecule has 3 aromatic carbocycles. The molecule has 1 N–H and O–H groups in total. The van der Waals surface area contributed by atoms with Gasteiger partial charge in [-0.25, -0.2) is 0 Å². The van der Waals surface area contributed by atoms with Crippen molar-refractivity contribution in [2.24, 2.45) is 0 Å². The van der Waals surface area contributed by atoms with Gasteiger partial charge in [0.25, 0.3) is 5.56 Å². The zero-order valence-electron chi connectivity index (χ0n) is 18.3. The van der Waals surface area contributed by atoms with Gasteiger partial charge in [-0.05, 0) is 35.4 Å². The number of para-hydroxylation sites is 1. The smallest absolute Gasteiger partial charge is 0.263 e. The summed E-state index contributed by atoms with van der Waals surface area (Å²) in [6, 6.07) is 24.5. The Kier molecular flexibility index (Phi) is 6.10. The van der Waals surface area contributed by atoms with Gasteiger partial charge < -0.3 is 5.32 Å². The number of halogens is 1. The molecular weight excluding hydrogens is 450 g/mol. The lowest BCUT2D eigenvalue weighted by atomic mass is 10.2. The van der Waals surface area contributed by atoms with Crippen molar-refractivity contribution in [3.63, 3.8) is 0 Å². The largest absolute Gasteiger partial charge is 0.352 e. The highest BCUT2D eigenvalue weighted by Crippen LogP contribution is 2.17. The van der Waals surface area contributed by atoms with E-state index in [-0.39, 0.29) is 17.9 Å². The summed E-state index contributed by atoms with van der Waals surface area (Å²) in [7, 11) is 0. The lowest BCUT2D eigenvalue weighted by Crippen LogP contribution is -2.25. The fourth-order valence-electron chi connectivity index (χ4n) is 4.00. The molecule has 0 fully saturated rings. The molecule has 0 spiro atoms. The lowest BCUT2D eigenvalue weighted by molar-refractivity contribution is -0.121. The predicted octanol–water partition coefficient (Wildman–Crippen LogP) is 3.99. The fourth-order valence-corrected chi connectivity index (χ4v) is 4.13. The van der Waals surface area contributed by atoms with Crippen LogP contribution in [0.25, 0.3) is 16.7 Å². The quantitative estimate of drug-likeness (QED) is 0.389. The third-order valence-electron chi connectivity index (χ3n) is 5.74. The van der Waals surface area contributed by atoms with Gasteiger partial charge in [-0.15, -0.1) is 10.2 Å². The van der Waals surface area contributed by atoms with Crippen LogP contribution in [0.3, 0.4) is 0 Å². The van der Waals surface area contributed by atoms with E-state index < -0.39 is 0 Å². The van der Waals surface area contributed by atoms with Crippen LogP contribution in [-0.4, -0.2) is 25.1 Å². The number of carbonyl (C=O) groups is 1. The first-order valence-corrected chi connectivity index (χ1v) is 11.4. The van der Waals surface area contributed by atoms with Crippen molar-refractivity contribution < 1.29 is 4.79 Å². The molecule has 8 heteroatoms. The highest BCUT2D eigenvalue weighted by atomic mass is 35.5. The first kappa shape index (κ1) is 21.9. The van der Waals surface area contributed by atoms with Crippen LogP contribution in [-0.2, 0) is 24.3 Å². The first-order valence-electron chi connectivity index (χ1n) is 11.0. The van der Waals surface area contributed by atoms with Crippen molar-refractivity contribution in [3.05, 3.63) is 111 Å². The molecule has 34 heavy (non-hydrogen) atoms. The Morgan fingerprint density at radius 2 is 1.62 bits per heavy atom. The normalized spacial score (nSPS) is 11.2. The number of benzene rings is 3. The van der Waals surface area contributed by atoms with Crippen LogP contribution < -0.4 is 10.9 Å². The standard InChI is InChI=1S/C26H22ClN5O2/c27-20-12-10-19(11-13-20)17-31-25(34)21-8-4-5-9-22(21)32-23(29-30-26(31)32)14-15-24(33)28-16-18-6-2-1-3-7-18/h1-13H,14-17H2,(H,28,33). The van der Waals surface area contributed by atoms with E-state index in [1.54, 1.807) is 22.8 Å². The van der Waals surface area contributed by atoms with Crippen LogP contribution in [0.15, 0.2) is 83.7 Å². The molecule has 7 nitrogen and oxygen atoms in total. The molecule has 0 radical (unpaired) electrons. The summed E-state index contributed by atoms with van der Waals surface area (Å²) >= 11 is 6.01. The van der Waals surface area contributed by atoms with Crippen molar-refractivity contribution in [2.75, 3.05) is 0 Å². The molecule has 0 unspecified atom stereocenters. The Labute approximate surface area is 200 Å². The van der Waals surface area contributed by atoms with Gasteiger partial charge in [0.2, 0.25) is 11.7 Å². The van der Waals surface area contributed by atoms with Crippen molar-refractivity contribution in [2.45, 2.75) is 25.9 Å². The average Bonchev–Trinajstić information content (AvgIpc) is 3.30. The Hall–Kier alpha value is -3.97. The number of rotatable bonds is 7. The SMILES string of the molecule is O=C(CCc1nnc2n(Cc3ccc(Cl)cc3)c(=O)c3ccccc3n12)NCc1ccccc1. The molecule has 2 aromatic heterocycles. The second-order valence-corrected chi connectivity index (χ2v) is 8.49. The van der Waals surface area contributed by atoms with E-state index in [4.69, 9.17) is 11.6 Å². The number of fused-ring (bicyclic) bond motifs is 3. The van der Waals surface area contributed by atoms with E-state index in [1.807, 2.05) is 65.1 Å². The van der Waals surface area contributed by atoms with Crippen LogP contribution in [0.2, 0.25) is 5.02 Å². The van der Waals surface area contributed by atoms with Gasteiger partial charge >= 0.3 is 0 Å². The summed E-state index contributed by atoms with van der Waals surface area (Å²) in [5.74, 6) is 1.00. The Morgan fingerprint density at radius 3 is 2.41 bits per heavy atom. The van der Waals surface area contributed by atoms with Crippen LogP contribution in [0, 0.1) is 0 Å². The van der Waals surface area contributed by atoms with E-state index in [0.29, 0.717) is 41.5 Å². The van der Waals surface area contributed by atoms with Crippen molar-refractivity contribution in [3.8, 4) is 0 Å². The lowest BCUT2D eigenvalue weighted by Gasteiger charge is -2.12. The van der Waals surface area contributed by atoms with Gasteiger partial charge in [-0.1, -0.05) is 66.2 Å². The molecule has 0 atom stereocenters. The summed E-state index contributed by atoms with van der Waals surface area (Å²) in [6.07, 6.45) is 0.656. The molecule has 0 aliphatic heterocycles. The topological polar surface area (TPSA) is 81.3 Å². The summed E-state index contributed by atoms with van der Waals surface area (Å²) < 4.78 is 3.48. The van der Waals surface area contributed by atoms with Crippen LogP contribution in [0.1, 0.15) is 23.4 Å². The van der Waals surface area contributed by atoms with Crippen LogP contribution in [0.5, 0.6) is 0 Å². The van der Waals surface area contributed by atoms with Crippen LogP contribution >= 0.6 is 11.6 Å². The van der Waals surface area contributed by atoms with Gasteiger partial charge in [-0.3, -0.25) is 18.6 Å². The van der Waals surface area contributed by atoms with Crippen molar-refractivity contribution in [1.82, 2.24) is 24.5 Å². The van der Waals surface area contributed by atoms with Gasteiger partial charge in [0.15, 0.2) is 0 Å². The molecule has 0 saturated carbocycles. The third-order valence-corrected chi connectivity index (χ3v) is 5.99. The molecule has 0 saturated heterocycles. The second-order valence-electron chi connectivity index (χ2n) is 8.05. The average molecular weight is 472 g/mol. The molecule has 0 aliphatic rings. The molecule has 0 aliphatic carbocycles. The maximum Gasteiger partial charge on any atom is 0.263 e. The van der Waals surface area contributed by atoms with Gasteiger partial charge in [0.05, 0.1) is 17.4 Å². The second kappa shape index (κ2) is 9.49. The number of hydrogen-bond acceptors (Lipinski definition) is 4. The fraction of sp³-hybridized carbons (Fsp3) is 0.154. The van der Waals surface area contributed by atoms with Gasteiger partial charge in [0, 0.05) is 24.4 Å². The van der Waals surface area contributed by atoms with E-state index in [1.165, 1.54) is 0 Å². The molecule has 5 rings (SSSR count). The first-order chi connectivity index (χ1) is 16.6. The number of carbonyl (C=O) groups excluding carboxylic acids is 1. The minimum absolute atomic E-state index is 0.0700. The van der Waals surface area contributed by atoms with Crippen LogP contribution in [0.4, 0.5) is 0 Å². The summed E-state index contributed by atoms with van der Waals surface area (Å²) in [4.78, 5) is 25.8. The Bertz CT molecular complexity index is 1520. The minimum Gasteiger partial charge on any atom is -0.352 e. The summed E-state index contributed by atoms with van der Waals surface area (Å²) in [5.41, 5.74) is 2.55. The highest BCUT2D eigenvalue weighted by Gasteiger charge is 2.17. The number of aromatic nitrogens is 4. The Balaban J connectivity index is 1.45. The molecule has 5 aromatic rings. The zero-order valence-corrected chi connectivity index (χ0v) is 19.1. The minimum atomic E-state index is -0.141. The van der Waals surface area contributed by atoms with Gasteiger partial charge in [-0.2, -0.15) is 0 Å². The monoisotopic (exact) mass is 471 g/mol. The van der Waals surface area contributed by atoms with Crippen molar-refractivity contribution in [1.29, 1.82) is 0 Å². The van der Waals surface area contributed by atoms with Gasteiger partial charge in [0.1, 0.15) is 5.82 Å². The summed E-state index contributed by atoms with van der Waals surface area (Å²) in [5, 5.41) is 12.8. The number of nitrogens with zero attached hydrogens (tertiary/aromatic N) is 4. The predicted molar refractivity (Wildman–Crippen MR) is 132 cm³/mol. The molecule has 1 amide bonds. The number of nitrogens with one attached hydrogen (secondary N) is 1. The molecule has 170 valence electrons. The molecule has 0 bridgehead atoms.